The van der Waals surface area contributed by atoms with Crippen molar-refractivity contribution in [2.24, 2.45) is 0 Å². The van der Waals surface area contributed by atoms with Crippen molar-refractivity contribution in [3.8, 4) is 0 Å². The minimum absolute atomic E-state index is 0.194. The highest BCUT2D eigenvalue weighted by Crippen LogP contribution is 2.06. The summed E-state index contributed by atoms with van der Waals surface area (Å²) in [6.45, 7) is 2.14. The van der Waals surface area contributed by atoms with E-state index >= 15 is 0 Å². The Balaban J connectivity index is 3.56. The number of rotatable bonds is 15. The van der Waals surface area contributed by atoms with Crippen LogP contribution in [0.3, 0.4) is 0 Å². The molecule has 2 N–H and O–H groups in total. The minimum atomic E-state index is -0.767. The zero-order chi connectivity index (χ0) is 17.3. The van der Waals surface area contributed by atoms with Crippen LogP contribution in [0.15, 0.2) is 24.3 Å². The zero-order valence-electron chi connectivity index (χ0n) is 14.4. The number of carboxylic acids is 1. The van der Waals surface area contributed by atoms with Crippen LogP contribution in [0.2, 0.25) is 0 Å². The Hall–Kier alpha value is -1.42. The van der Waals surface area contributed by atoms with Gasteiger partial charge in [0.2, 0.25) is 0 Å². The van der Waals surface area contributed by atoms with Crippen LogP contribution in [0.25, 0.3) is 0 Å². The quantitative estimate of drug-likeness (QED) is 0.345. The molecule has 0 spiro atoms. The van der Waals surface area contributed by atoms with Gasteiger partial charge in [0.1, 0.15) is 5.78 Å². The summed E-state index contributed by atoms with van der Waals surface area (Å²) in [7, 11) is 0. The molecule has 0 bridgehead atoms. The van der Waals surface area contributed by atoms with Gasteiger partial charge in [0.25, 0.3) is 0 Å². The van der Waals surface area contributed by atoms with Crippen molar-refractivity contribution in [1.29, 1.82) is 0 Å². The number of unbranched alkanes of at least 4 members (excludes halogenated alkanes) is 3. The van der Waals surface area contributed by atoms with Crippen LogP contribution < -0.4 is 0 Å². The third-order valence-electron chi connectivity index (χ3n) is 3.57. The molecule has 0 aromatic carbocycles. The lowest BCUT2D eigenvalue weighted by Crippen LogP contribution is -2.01. The number of allylic oxidation sites excluding steroid dienone is 3. The highest BCUT2D eigenvalue weighted by molar-refractivity contribution is 5.78. The molecule has 1 atom stereocenters. The van der Waals surface area contributed by atoms with Gasteiger partial charge >= 0.3 is 5.97 Å². The van der Waals surface area contributed by atoms with E-state index in [1.807, 2.05) is 18.2 Å². The summed E-state index contributed by atoms with van der Waals surface area (Å²) in [5.74, 6) is -0.539. The number of aliphatic hydroxyl groups excluding tert-OH is 1. The van der Waals surface area contributed by atoms with Crippen LogP contribution in [0.4, 0.5) is 0 Å². The van der Waals surface area contributed by atoms with Crippen LogP contribution in [0, 0.1) is 0 Å². The monoisotopic (exact) mass is 324 g/mol. The lowest BCUT2D eigenvalue weighted by Gasteiger charge is -2.04. The average molecular weight is 324 g/mol. The normalized spacial score (nSPS) is 13.0. The molecular formula is C19H32O4. The second kappa shape index (κ2) is 15.5. The molecular weight excluding hydrogens is 292 g/mol. The summed E-state index contributed by atoms with van der Waals surface area (Å²) in [5.41, 5.74) is 0. The third kappa shape index (κ3) is 16.8. The molecule has 0 aliphatic carbocycles. The van der Waals surface area contributed by atoms with Gasteiger partial charge in [-0.1, -0.05) is 50.5 Å². The van der Waals surface area contributed by atoms with E-state index in [0.29, 0.717) is 25.7 Å². The largest absolute Gasteiger partial charge is 0.481 e. The molecule has 0 saturated carbocycles. The van der Waals surface area contributed by atoms with Crippen molar-refractivity contribution < 1.29 is 19.8 Å². The minimum Gasteiger partial charge on any atom is -0.481 e. The van der Waals surface area contributed by atoms with E-state index in [1.54, 1.807) is 6.08 Å². The van der Waals surface area contributed by atoms with E-state index in [0.717, 1.165) is 38.5 Å². The lowest BCUT2D eigenvalue weighted by molar-refractivity contribution is -0.137. The van der Waals surface area contributed by atoms with E-state index in [4.69, 9.17) is 5.11 Å². The molecule has 0 radical (unpaired) electrons. The molecule has 0 rings (SSSR count). The number of aliphatic carboxylic acids is 1. The van der Waals surface area contributed by atoms with Gasteiger partial charge in [0, 0.05) is 19.3 Å². The molecule has 0 aromatic heterocycles. The second-order valence-corrected chi connectivity index (χ2v) is 5.86. The molecule has 23 heavy (non-hydrogen) atoms. The fourth-order valence-corrected chi connectivity index (χ4v) is 2.17. The van der Waals surface area contributed by atoms with Crippen LogP contribution in [0.5, 0.6) is 0 Å². The zero-order valence-corrected chi connectivity index (χ0v) is 14.4. The van der Waals surface area contributed by atoms with Crippen LogP contribution in [-0.2, 0) is 9.59 Å². The number of hydrogen-bond acceptors (Lipinski definition) is 3. The number of hydrogen-bond donors (Lipinski definition) is 2. The van der Waals surface area contributed by atoms with E-state index in [1.165, 1.54) is 0 Å². The molecule has 4 heteroatoms. The van der Waals surface area contributed by atoms with Crippen molar-refractivity contribution >= 4 is 11.8 Å². The average Bonchev–Trinajstić information content (AvgIpc) is 2.50. The predicted octanol–water partition coefficient (Wildman–Crippen LogP) is 4.42. The molecule has 0 heterocycles. The predicted molar refractivity (Wildman–Crippen MR) is 93.4 cm³/mol. The smallest absolute Gasteiger partial charge is 0.303 e. The Bertz CT molecular complexity index is 372. The molecule has 4 nitrogen and oxygen atoms in total. The maximum atomic E-state index is 11.7. The molecule has 0 aliphatic heterocycles. The summed E-state index contributed by atoms with van der Waals surface area (Å²) in [6, 6.07) is 0. The van der Waals surface area contributed by atoms with Gasteiger partial charge in [-0.15, -0.1) is 0 Å². The molecule has 132 valence electrons. The van der Waals surface area contributed by atoms with Gasteiger partial charge < -0.3 is 10.2 Å². The Labute approximate surface area is 140 Å². The molecule has 0 aromatic rings. The standard InChI is InChI=1S/C19H32O4/c1-2-3-7-12-17(20)14-10-11-15-18(21)13-8-5-4-6-9-16-19(22)23/h4-5,10,14,17,20H,2-3,6-9,11-13,15-16H2,1H3,(H,22,23). The number of carbonyl (C=O) groups is 2. The topological polar surface area (TPSA) is 74.6 Å². The first-order chi connectivity index (χ1) is 11.1. The molecule has 0 aliphatic rings. The van der Waals surface area contributed by atoms with Gasteiger partial charge in [-0.3, -0.25) is 9.59 Å². The Kier molecular flexibility index (Phi) is 14.5. The van der Waals surface area contributed by atoms with Crippen LogP contribution in [-0.4, -0.2) is 28.1 Å². The first-order valence-electron chi connectivity index (χ1n) is 8.79. The highest BCUT2D eigenvalue weighted by Gasteiger charge is 2.00. The van der Waals surface area contributed by atoms with E-state index in [-0.39, 0.29) is 18.3 Å². The van der Waals surface area contributed by atoms with Crippen molar-refractivity contribution in [1.82, 2.24) is 0 Å². The third-order valence-corrected chi connectivity index (χ3v) is 3.57. The van der Waals surface area contributed by atoms with Gasteiger partial charge in [-0.2, -0.15) is 0 Å². The van der Waals surface area contributed by atoms with E-state index in [2.05, 4.69) is 6.92 Å². The summed E-state index contributed by atoms with van der Waals surface area (Å²) in [6.07, 6.45) is 15.4. The Morgan fingerprint density at radius 3 is 2.22 bits per heavy atom. The SMILES string of the molecule is CCCCCC(O)C=CCCC(=O)CCC=CCCCC(=O)O. The Morgan fingerprint density at radius 1 is 0.913 bits per heavy atom. The first kappa shape index (κ1) is 21.6. The summed E-state index contributed by atoms with van der Waals surface area (Å²) < 4.78 is 0. The van der Waals surface area contributed by atoms with Gasteiger partial charge in [0.15, 0.2) is 0 Å². The number of carbonyl (C=O) groups excluding carboxylic acids is 1. The van der Waals surface area contributed by atoms with Crippen LogP contribution >= 0.6 is 0 Å². The highest BCUT2D eigenvalue weighted by atomic mass is 16.4. The lowest BCUT2D eigenvalue weighted by atomic mass is 10.1. The summed E-state index contributed by atoms with van der Waals surface area (Å²) in [4.78, 5) is 22.0. The molecule has 0 saturated heterocycles. The molecule has 1 unspecified atom stereocenters. The van der Waals surface area contributed by atoms with Crippen molar-refractivity contribution in [3.05, 3.63) is 24.3 Å². The summed E-state index contributed by atoms with van der Waals surface area (Å²) >= 11 is 0. The van der Waals surface area contributed by atoms with Gasteiger partial charge in [-0.05, 0) is 32.1 Å². The number of aliphatic hydroxyl groups is 1. The molecule has 0 amide bonds. The number of ketones is 1. The van der Waals surface area contributed by atoms with E-state index < -0.39 is 5.97 Å². The maximum absolute atomic E-state index is 11.7. The van der Waals surface area contributed by atoms with Crippen LogP contribution in [0.1, 0.15) is 77.6 Å². The van der Waals surface area contributed by atoms with Gasteiger partial charge in [0.05, 0.1) is 6.10 Å². The van der Waals surface area contributed by atoms with Crippen molar-refractivity contribution in [3.63, 3.8) is 0 Å². The Morgan fingerprint density at radius 2 is 1.57 bits per heavy atom. The van der Waals surface area contributed by atoms with Crippen molar-refractivity contribution in [2.75, 3.05) is 0 Å². The fraction of sp³-hybridized carbons (Fsp3) is 0.684. The van der Waals surface area contributed by atoms with E-state index in [9.17, 15) is 14.7 Å². The van der Waals surface area contributed by atoms with Gasteiger partial charge in [-0.25, -0.2) is 0 Å². The fourth-order valence-electron chi connectivity index (χ4n) is 2.17. The summed E-state index contributed by atoms with van der Waals surface area (Å²) in [5, 5.41) is 18.2. The number of Topliss-reactive ketones (excluding diaryl/α,β-unsaturated/α-hetero) is 1. The maximum Gasteiger partial charge on any atom is 0.303 e. The molecule has 0 fully saturated rings. The number of carboxylic acid groups (broad SMARTS) is 1. The first-order valence-corrected chi connectivity index (χ1v) is 8.79. The van der Waals surface area contributed by atoms with Crippen molar-refractivity contribution in [2.45, 2.75) is 83.7 Å². The second-order valence-electron chi connectivity index (χ2n) is 5.86.